The van der Waals surface area contributed by atoms with Crippen molar-refractivity contribution in [3.05, 3.63) is 29.8 Å². The van der Waals surface area contributed by atoms with Gasteiger partial charge in [0.1, 0.15) is 5.92 Å². The van der Waals surface area contributed by atoms with Crippen LogP contribution in [0.2, 0.25) is 0 Å². The molecule has 21 heavy (non-hydrogen) atoms. The lowest BCUT2D eigenvalue weighted by Crippen LogP contribution is -2.35. The van der Waals surface area contributed by atoms with Crippen LogP contribution in [0.25, 0.3) is 0 Å². The molecule has 1 N–H and O–H groups in total. The maximum atomic E-state index is 12.5. The van der Waals surface area contributed by atoms with Crippen LogP contribution in [0, 0.1) is 0 Å². The molecule has 1 saturated heterocycles. The lowest BCUT2D eigenvalue weighted by molar-refractivity contribution is -0.138. The van der Waals surface area contributed by atoms with Crippen LogP contribution in [0.1, 0.15) is 37.2 Å². The van der Waals surface area contributed by atoms with E-state index in [1.54, 1.807) is 11.0 Å². The van der Waals surface area contributed by atoms with Crippen molar-refractivity contribution in [1.29, 1.82) is 0 Å². The first kappa shape index (κ1) is 14.1. The fourth-order valence-electron chi connectivity index (χ4n) is 3.13. The van der Waals surface area contributed by atoms with Gasteiger partial charge in [0.25, 0.3) is 0 Å². The smallest absolute Gasteiger partial charge is 0.312 e. The highest BCUT2D eigenvalue weighted by atomic mass is 16.5. The quantitative estimate of drug-likeness (QED) is 0.926. The number of para-hydroxylation sites is 1. The van der Waals surface area contributed by atoms with Crippen LogP contribution in [-0.2, 0) is 14.3 Å². The molecule has 0 bridgehead atoms. The standard InChI is InChI=1S/C16H19NO4/c18-15(9-11-5-3-4-8-21-11)17-10-13(16(19)20)12-6-1-2-7-14(12)17/h1-2,6-7,11,13H,3-5,8-10H2,(H,19,20)/t11-,13-/m0/s1. The molecule has 0 aliphatic carbocycles. The summed E-state index contributed by atoms with van der Waals surface area (Å²) in [5.74, 6) is -1.55. The molecule has 2 atom stereocenters. The highest BCUT2D eigenvalue weighted by Crippen LogP contribution is 2.36. The van der Waals surface area contributed by atoms with E-state index in [0.717, 1.165) is 30.5 Å². The minimum atomic E-state index is -0.883. The highest BCUT2D eigenvalue weighted by molar-refractivity contribution is 5.99. The second kappa shape index (κ2) is 5.85. The maximum Gasteiger partial charge on any atom is 0.312 e. The van der Waals surface area contributed by atoms with Gasteiger partial charge in [-0.1, -0.05) is 18.2 Å². The largest absolute Gasteiger partial charge is 0.481 e. The summed E-state index contributed by atoms with van der Waals surface area (Å²) >= 11 is 0. The number of carbonyl (C=O) groups excluding carboxylic acids is 1. The number of benzene rings is 1. The Balaban J connectivity index is 1.76. The number of aliphatic carboxylic acids is 1. The minimum absolute atomic E-state index is 0.0257. The molecule has 2 aliphatic rings. The van der Waals surface area contributed by atoms with E-state index in [4.69, 9.17) is 4.74 Å². The first-order valence-electron chi connectivity index (χ1n) is 7.40. The first-order chi connectivity index (χ1) is 10.2. The molecule has 1 aromatic rings. The Morgan fingerprint density at radius 3 is 2.81 bits per heavy atom. The summed E-state index contributed by atoms with van der Waals surface area (Å²) in [6, 6.07) is 7.25. The number of nitrogens with zero attached hydrogens (tertiary/aromatic N) is 1. The molecule has 5 heteroatoms. The molecule has 0 unspecified atom stereocenters. The second-order valence-electron chi connectivity index (χ2n) is 5.65. The fraction of sp³-hybridized carbons (Fsp3) is 0.500. The predicted octanol–water partition coefficient (Wildman–Crippen LogP) is 2.16. The molecule has 2 aliphatic heterocycles. The van der Waals surface area contributed by atoms with Crippen molar-refractivity contribution < 1.29 is 19.4 Å². The fourth-order valence-corrected chi connectivity index (χ4v) is 3.13. The third-order valence-electron chi connectivity index (χ3n) is 4.24. The van der Waals surface area contributed by atoms with Gasteiger partial charge < -0.3 is 14.7 Å². The van der Waals surface area contributed by atoms with Crippen LogP contribution in [-0.4, -0.2) is 36.2 Å². The third-order valence-corrected chi connectivity index (χ3v) is 4.24. The van der Waals surface area contributed by atoms with Crippen molar-refractivity contribution in [2.24, 2.45) is 0 Å². The zero-order valence-electron chi connectivity index (χ0n) is 11.8. The number of hydrogen-bond donors (Lipinski definition) is 1. The number of carboxylic acid groups (broad SMARTS) is 1. The molecule has 0 aromatic heterocycles. The third kappa shape index (κ3) is 2.78. The average Bonchev–Trinajstić information content (AvgIpc) is 2.88. The van der Waals surface area contributed by atoms with Crippen molar-refractivity contribution in [3.63, 3.8) is 0 Å². The second-order valence-corrected chi connectivity index (χ2v) is 5.65. The van der Waals surface area contributed by atoms with Crippen LogP contribution >= 0.6 is 0 Å². The van der Waals surface area contributed by atoms with E-state index >= 15 is 0 Å². The van der Waals surface area contributed by atoms with Crippen LogP contribution in [0.15, 0.2) is 24.3 Å². The first-order valence-corrected chi connectivity index (χ1v) is 7.40. The zero-order valence-corrected chi connectivity index (χ0v) is 11.8. The van der Waals surface area contributed by atoms with E-state index in [2.05, 4.69) is 0 Å². The zero-order chi connectivity index (χ0) is 14.8. The molecule has 1 amide bonds. The molecule has 2 heterocycles. The minimum Gasteiger partial charge on any atom is -0.481 e. The summed E-state index contributed by atoms with van der Waals surface area (Å²) in [6.07, 6.45) is 3.36. The van der Waals surface area contributed by atoms with Crippen LogP contribution in [0.5, 0.6) is 0 Å². The summed E-state index contributed by atoms with van der Waals surface area (Å²) < 4.78 is 5.61. The van der Waals surface area contributed by atoms with E-state index in [1.165, 1.54) is 0 Å². The number of carbonyl (C=O) groups is 2. The lowest BCUT2D eigenvalue weighted by Gasteiger charge is -2.25. The number of ether oxygens (including phenoxy) is 1. The van der Waals surface area contributed by atoms with Gasteiger partial charge in [0.15, 0.2) is 0 Å². The van der Waals surface area contributed by atoms with Crippen molar-refractivity contribution in [2.75, 3.05) is 18.1 Å². The summed E-state index contributed by atoms with van der Waals surface area (Å²) in [7, 11) is 0. The number of hydrogen-bond acceptors (Lipinski definition) is 3. The molecular formula is C16H19NO4. The molecule has 1 fully saturated rings. The van der Waals surface area contributed by atoms with Crippen LogP contribution in [0.4, 0.5) is 5.69 Å². The Bertz CT molecular complexity index is 551. The number of anilines is 1. The Morgan fingerprint density at radius 1 is 1.29 bits per heavy atom. The Hall–Kier alpha value is -1.88. The summed E-state index contributed by atoms with van der Waals surface area (Å²) in [6.45, 7) is 0.937. The Kier molecular flexibility index (Phi) is 3.92. The molecular weight excluding hydrogens is 270 g/mol. The molecule has 112 valence electrons. The summed E-state index contributed by atoms with van der Waals surface area (Å²) in [4.78, 5) is 25.5. The number of rotatable bonds is 3. The van der Waals surface area contributed by atoms with Crippen molar-refractivity contribution in [3.8, 4) is 0 Å². The van der Waals surface area contributed by atoms with Gasteiger partial charge in [0.2, 0.25) is 5.91 Å². The number of carboxylic acids is 1. The van der Waals surface area contributed by atoms with Gasteiger partial charge >= 0.3 is 5.97 Å². The van der Waals surface area contributed by atoms with Crippen LogP contribution in [0.3, 0.4) is 0 Å². The monoisotopic (exact) mass is 289 g/mol. The molecule has 0 saturated carbocycles. The van der Waals surface area contributed by atoms with Crippen molar-refractivity contribution >= 4 is 17.6 Å². The average molecular weight is 289 g/mol. The molecule has 1 aromatic carbocycles. The lowest BCUT2D eigenvalue weighted by atomic mass is 10.0. The van der Waals surface area contributed by atoms with Gasteiger partial charge in [-0.05, 0) is 30.9 Å². The molecule has 0 radical (unpaired) electrons. The van der Waals surface area contributed by atoms with Crippen molar-refractivity contribution in [2.45, 2.75) is 37.7 Å². The van der Waals surface area contributed by atoms with Gasteiger partial charge in [-0.2, -0.15) is 0 Å². The van der Waals surface area contributed by atoms with Gasteiger partial charge in [-0.25, -0.2) is 0 Å². The number of fused-ring (bicyclic) bond motifs is 1. The van der Waals surface area contributed by atoms with Gasteiger partial charge in [-0.3, -0.25) is 9.59 Å². The predicted molar refractivity (Wildman–Crippen MR) is 77.4 cm³/mol. The normalized spacial score (nSPS) is 24.7. The molecule has 0 spiro atoms. The summed E-state index contributed by atoms with van der Waals surface area (Å²) in [5.41, 5.74) is 1.45. The SMILES string of the molecule is O=C(O)[C@H]1CN(C(=O)C[C@@H]2CCCCO2)c2ccccc21. The summed E-state index contributed by atoms with van der Waals surface area (Å²) in [5, 5.41) is 9.32. The van der Waals surface area contributed by atoms with E-state index < -0.39 is 11.9 Å². The van der Waals surface area contributed by atoms with E-state index in [1.807, 2.05) is 18.2 Å². The number of amides is 1. The van der Waals surface area contributed by atoms with E-state index in [9.17, 15) is 14.7 Å². The van der Waals surface area contributed by atoms with E-state index in [0.29, 0.717) is 13.0 Å². The van der Waals surface area contributed by atoms with Gasteiger partial charge in [0, 0.05) is 18.8 Å². The molecule has 5 nitrogen and oxygen atoms in total. The van der Waals surface area contributed by atoms with E-state index in [-0.39, 0.29) is 18.6 Å². The van der Waals surface area contributed by atoms with Gasteiger partial charge in [-0.15, -0.1) is 0 Å². The Labute approximate surface area is 123 Å². The van der Waals surface area contributed by atoms with Crippen LogP contribution < -0.4 is 4.90 Å². The van der Waals surface area contributed by atoms with Crippen molar-refractivity contribution in [1.82, 2.24) is 0 Å². The maximum absolute atomic E-state index is 12.5. The molecule has 3 rings (SSSR count). The van der Waals surface area contributed by atoms with Gasteiger partial charge in [0.05, 0.1) is 12.5 Å². The highest BCUT2D eigenvalue weighted by Gasteiger charge is 2.36. The Morgan fingerprint density at radius 2 is 2.10 bits per heavy atom. The topological polar surface area (TPSA) is 66.8 Å².